The maximum Gasteiger partial charge on any atom is 0.289 e. The molecule has 0 N–H and O–H groups in total. The van der Waals surface area contributed by atoms with Crippen LogP contribution >= 0.6 is 0 Å². The lowest BCUT2D eigenvalue weighted by molar-refractivity contribution is 0.0740. The quantitative estimate of drug-likeness (QED) is 0.854. The summed E-state index contributed by atoms with van der Waals surface area (Å²) in [5.41, 5.74) is 0. The molecule has 0 radical (unpaired) electrons. The van der Waals surface area contributed by atoms with Crippen molar-refractivity contribution in [2.75, 3.05) is 31.1 Å². The highest BCUT2D eigenvalue weighted by atomic mass is 16.5. The first-order valence-electron chi connectivity index (χ1n) is 8.36. The third kappa shape index (κ3) is 3.06. The first kappa shape index (κ1) is 15.0. The molecule has 126 valence electrons. The predicted octanol–water partition coefficient (Wildman–Crippen LogP) is 1.96. The minimum absolute atomic E-state index is 0.0507. The second-order valence-electron chi connectivity index (χ2n) is 6.17. The highest BCUT2D eigenvalue weighted by Crippen LogP contribution is 2.23. The van der Waals surface area contributed by atoms with Gasteiger partial charge in [-0.15, -0.1) is 0 Å². The van der Waals surface area contributed by atoms with Gasteiger partial charge in [0.25, 0.3) is 5.91 Å². The third-order valence-corrected chi connectivity index (χ3v) is 4.51. The van der Waals surface area contributed by atoms with Crippen LogP contribution in [0.5, 0.6) is 5.88 Å². The maximum atomic E-state index is 12.3. The third-order valence-electron chi connectivity index (χ3n) is 4.51. The van der Waals surface area contributed by atoms with Crippen molar-refractivity contribution < 1.29 is 13.9 Å². The Morgan fingerprint density at radius 1 is 1.25 bits per heavy atom. The average Bonchev–Trinajstić information content (AvgIpc) is 3.36. The van der Waals surface area contributed by atoms with Crippen molar-refractivity contribution in [1.82, 2.24) is 14.9 Å². The molecule has 24 heavy (non-hydrogen) atoms. The van der Waals surface area contributed by atoms with Gasteiger partial charge in [0.15, 0.2) is 5.76 Å². The van der Waals surface area contributed by atoms with Crippen LogP contribution in [0.25, 0.3) is 0 Å². The van der Waals surface area contributed by atoms with Crippen molar-refractivity contribution >= 4 is 11.7 Å². The molecule has 2 aliphatic rings. The minimum Gasteiger partial charge on any atom is -0.472 e. The first-order valence-corrected chi connectivity index (χ1v) is 8.36. The minimum atomic E-state index is -0.0912. The fourth-order valence-electron chi connectivity index (χ4n) is 3.25. The number of amides is 1. The van der Waals surface area contributed by atoms with Crippen molar-refractivity contribution in [2.24, 2.45) is 0 Å². The summed E-state index contributed by atoms with van der Waals surface area (Å²) in [6.45, 7) is 3.27. The van der Waals surface area contributed by atoms with Gasteiger partial charge >= 0.3 is 0 Å². The number of nitrogens with zero attached hydrogens (tertiary/aromatic N) is 4. The zero-order valence-corrected chi connectivity index (χ0v) is 13.4. The molecule has 1 unspecified atom stereocenters. The molecule has 2 aliphatic heterocycles. The molecule has 2 aromatic rings. The average molecular weight is 328 g/mol. The molecule has 2 fully saturated rings. The fraction of sp³-hybridized carbons (Fsp3) is 0.471. The predicted molar refractivity (Wildman–Crippen MR) is 87.1 cm³/mol. The number of carbonyl (C=O) groups excluding carboxylic acids is 1. The number of hydrogen-bond acceptors (Lipinski definition) is 6. The van der Waals surface area contributed by atoms with E-state index >= 15 is 0 Å². The van der Waals surface area contributed by atoms with Crippen LogP contribution in [0.3, 0.4) is 0 Å². The van der Waals surface area contributed by atoms with E-state index in [1.54, 1.807) is 23.4 Å². The molecule has 4 heterocycles. The monoisotopic (exact) mass is 328 g/mol. The smallest absolute Gasteiger partial charge is 0.289 e. The number of rotatable bonds is 4. The van der Waals surface area contributed by atoms with Crippen molar-refractivity contribution in [2.45, 2.75) is 25.4 Å². The number of ether oxygens (including phenoxy) is 1. The van der Waals surface area contributed by atoms with Gasteiger partial charge < -0.3 is 19.0 Å². The Hall–Kier alpha value is -2.57. The molecule has 0 saturated carbocycles. The highest BCUT2D eigenvalue weighted by molar-refractivity contribution is 5.91. The van der Waals surface area contributed by atoms with Crippen molar-refractivity contribution in [3.63, 3.8) is 0 Å². The largest absolute Gasteiger partial charge is 0.472 e. The van der Waals surface area contributed by atoms with E-state index in [-0.39, 0.29) is 12.0 Å². The molecular formula is C17H20N4O3. The zero-order chi connectivity index (χ0) is 16.4. The fourth-order valence-corrected chi connectivity index (χ4v) is 3.25. The number of hydrogen-bond donors (Lipinski definition) is 0. The Labute approximate surface area is 140 Å². The van der Waals surface area contributed by atoms with Gasteiger partial charge in [-0.1, -0.05) is 0 Å². The Balaban J connectivity index is 1.38. The molecule has 0 aromatic carbocycles. The van der Waals surface area contributed by atoms with Crippen LogP contribution in [0.2, 0.25) is 0 Å². The molecule has 2 saturated heterocycles. The van der Waals surface area contributed by atoms with E-state index in [1.165, 1.54) is 19.1 Å². The van der Waals surface area contributed by atoms with E-state index in [4.69, 9.17) is 9.15 Å². The molecule has 1 amide bonds. The summed E-state index contributed by atoms with van der Waals surface area (Å²) in [4.78, 5) is 24.8. The summed E-state index contributed by atoms with van der Waals surface area (Å²) in [7, 11) is 0. The zero-order valence-electron chi connectivity index (χ0n) is 13.4. The molecule has 2 aromatic heterocycles. The van der Waals surface area contributed by atoms with Gasteiger partial charge in [-0.3, -0.25) is 4.79 Å². The van der Waals surface area contributed by atoms with Crippen molar-refractivity contribution in [3.05, 3.63) is 36.5 Å². The van der Waals surface area contributed by atoms with Crippen LogP contribution in [0, 0.1) is 0 Å². The topological polar surface area (TPSA) is 71.7 Å². The van der Waals surface area contributed by atoms with Gasteiger partial charge in [-0.25, -0.2) is 9.97 Å². The standard InChI is InChI=1S/C17H20N4O3/c22-17(14-4-3-9-23-14)21-8-5-13(11-21)24-16-10-15(18-12-19-16)20-6-1-2-7-20/h3-4,9-10,12-13H,1-2,5-8,11H2. The lowest BCUT2D eigenvalue weighted by Gasteiger charge is -2.18. The van der Waals surface area contributed by atoms with Gasteiger partial charge in [-0.05, 0) is 25.0 Å². The first-order chi connectivity index (χ1) is 11.8. The number of aromatic nitrogens is 2. The summed E-state index contributed by atoms with van der Waals surface area (Å²) in [6, 6.07) is 5.30. The van der Waals surface area contributed by atoms with Gasteiger partial charge in [-0.2, -0.15) is 0 Å². The van der Waals surface area contributed by atoms with Crippen LogP contribution in [-0.2, 0) is 0 Å². The molecule has 7 nitrogen and oxygen atoms in total. The normalized spacial score (nSPS) is 20.6. The summed E-state index contributed by atoms with van der Waals surface area (Å²) < 4.78 is 11.1. The summed E-state index contributed by atoms with van der Waals surface area (Å²) in [6.07, 6.45) is 6.20. The van der Waals surface area contributed by atoms with E-state index in [0.717, 1.165) is 25.3 Å². The van der Waals surface area contributed by atoms with Crippen molar-refractivity contribution in [3.8, 4) is 5.88 Å². The van der Waals surface area contributed by atoms with Gasteiger partial charge in [0.2, 0.25) is 5.88 Å². The van der Waals surface area contributed by atoms with E-state index in [0.29, 0.717) is 24.7 Å². The van der Waals surface area contributed by atoms with Crippen LogP contribution in [0.15, 0.2) is 35.2 Å². The molecule has 0 bridgehead atoms. The van der Waals surface area contributed by atoms with Gasteiger partial charge in [0.1, 0.15) is 18.2 Å². The molecule has 7 heteroatoms. The lowest BCUT2D eigenvalue weighted by atomic mass is 10.3. The van der Waals surface area contributed by atoms with E-state index in [1.807, 2.05) is 6.07 Å². The van der Waals surface area contributed by atoms with Crippen LogP contribution in [0.1, 0.15) is 29.8 Å². The Morgan fingerprint density at radius 2 is 2.12 bits per heavy atom. The summed E-state index contributed by atoms with van der Waals surface area (Å²) in [5.74, 6) is 1.77. The molecule has 0 aliphatic carbocycles. The second kappa shape index (κ2) is 6.51. The maximum absolute atomic E-state index is 12.3. The Morgan fingerprint density at radius 3 is 2.92 bits per heavy atom. The van der Waals surface area contributed by atoms with E-state index in [2.05, 4.69) is 14.9 Å². The lowest BCUT2D eigenvalue weighted by Crippen LogP contribution is -2.30. The van der Waals surface area contributed by atoms with Gasteiger partial charge in [0.05, 0.1) is 12.8 Å². The van der Waals surface area contributed by atoms with Crippen LogP contribution < -0.4 is 9.64 Å². The van der Waals surface area contributed by atoms with Crippen LogP contribution in [-0.4, -0.2) is 53.1 Å². The molecule has 0 spiro atoms. The molecule has 4 rings (SSSR count). The Kier molecular flexibility index (Phi) is 4.06. The van der Waals surface area contributed by atoms with Crippen LogP contribution in [0.4, 0.5) is 5.82 Å². The number of carbonyl (C=O) groups is 1. The van der Waals surface area contributed by atoms with Crippen molar-refractivity contribution in [1.29, 1.82) is 0 Å². The number of likely N-dealkylation sites (tertiary alicyclic amines) is 1. The molecule has 1 atom stereocenters. The number of furan rings is 1. The summed E-state index contributed by atoms with van der Waals surface area (Å²) >= 11 is 0. The summed E-state index contributed by atoms with van der Waals surface area (Å²) in [5, 5.41) is 0. The highest BCUT2D eigenvalue weighted by Gasteiger charge is 2.30. The molecular weight excluding hydrogens is 308 g/mol. The van der Waals surface area contributed by atoms with E-state index < -0.39 is 0 Å². The van der Waals surface area contributed by atoms with Gasteiger partial charge in [0, 0.05) is 32.1 Å². The number of anilines is 1. The Bertz CT molecular complexity index is 698. The van der Waals surface area contributed by atoms with E-state index in [9.17, 15) is 4.79 Å². The SMILES string of the molecule is O=C(c1ccco1)N1CCC(Oc2cc(N3CCCC3)ncn2)C1. The second-order valence-corrected chi connectivity index (χ2v) is 6.17.